The molecule has 0 fully saturated rings. The highest BCUT2D eigenvalue weighted by molar-refractivity contribution is 6.30. The van der Waals surface area contributed by atoms with Crippen molar-refractivity contribution >= 4 is 28.4 Å². The molecule has 0 aliphatic carbocycles. The molecule has 0 saturated carbocycles. The van der Waals surface area contributed by atoms with Crippen molar-refractivity contribution in [2.24, 2.45) is 0 Å². The zero-order valence-electron chi connectivity index (χ0n) is 15.8. The lowest BCUT2D eigenvalue weighted by Gasteiger charge is -2.13. The smallest absolute Gasteiger partial charge is 0.195 e. The Morgan fingerprint density at radius 2 is 1.90 bits per heavy atom. The fourth-order valence-corrected chi connectivity index (χ4v) is 3.20. The van der Waals surface area contributed by atoms with Crippen LogP contribution in [0.2, 0.25) is 5.02 Å². The summed E-state index contributed by atoms with van der Waals surface area (Å²) in [4.78, 5) is 20.3. The van der Waals surface area contributed by atoms with E-state index in [0.717, 1.165) is 10.9 Å². The van der Waals surface area contributed by atoms with Crippen LogP contribution < -0.4 is 9.47 Å². The van der Waals surface area contributed by atoms with Crippen LogP contribution in [0.1, 0.15) is 28.4 Å². The molecule has 2 aromatic heterocycles. The lowest BCUT2D eigenvalue weighted by molar-refractivity contribution is 0.103. The van der Waals surface area contributed by atoms with Crippen molar-refractivity contribution in [2.75, 3.05) is 6.61 Å². The maximum atomic E-state index is 13.0. The van der Waals surface area contributed by atoms with Crippen molar-refractivity contribution in [1.82, 2.24) is 9.97 Å². The highest BCUT2D eigenvalue weighted by Crippen LogP contribution is 2.31. The second-order valence-electron chi connectivity index (χ2n) is 6.44. The number of pyridine rings is 1. The Hall–Kier alpha value is -3.31. The second-order valence-corrected chi connectivity index (χ2v) is 6.88. The Balaban J connectivity index is 1.59. The molecular formula is C23H19ClN2O3. The second kappa shape index (κ2) is 8.37. The zero-order chi connectivity index (χ0) is 20.2. The number of rotatable bonds is 7. The van der Waals surface area contributed by atoms with E-state index < -0.39 is 0 Å². The van der Waals surface area contributed by atoms with Crippen LogP contribution in [0, 0.1) is 0 Å². The monoisotopic (exact) mass is 406 g/mol. The topological polar surface area (TPSA) is 64.2 Å². The van der Waals surface area contributed by atoms with Gasteiger partial charge in [-0.05, 0) is 55.0 Å². The average molecular weight is 407 g/mol. The number of aromatic nitrogens is 2. The number of aromatic amines is 1. The Labute approximate surface area is 173 Å². The number of ether oxygens (including phenoxy) is 2. The molecule has 0 aliphatic heterocycles. The van der Waals surface area contributed by atoms with Gasteiger partial charge in [-0.2, -0.15) is 0 Å². The maximum Gasteiger partial charge on any atom is 0.195 e. The first-order valence-electron chi connectivity index (χ1n) is 9.26. The normalized spacial score (nSPS) is 10.8. The summed E-state index contributed by atoms with van der Waals surface area (Å²) < 4.78 is 11.6. The number of halogens is 1. The highest BCUT2D eigenvalue weighted by atomic mass is 35.5. The summed E-state index contributed by atoms with van der Waals surface area (Å²) in [6.45, 7) is 2.73. The van der Waals surface area contributed by atoms with Crippen LogP contribution in [-0.2, 0) is 6.61 Å². The molecule has 146 valence electrons. The molecule has 2 aromatic carbocycles. The third kappa shape index (κ3) is 4.10. The van der Waals surface area contributed by atoms with Gasteiger partial charge in [0.1, 0.15) is 12.3 Å². The summed E-state index contributed by atoms with van der Waals surface area (Å²) >= 11 is 5.92. The number of hydrogen-bond donors (Lipinski definition) is 1. The Bertz CT molecular complexity index is 1150. The Morgan fingerprint density at radius 1 is 1.07 bits per heavy atom. The number of benzene rings is 2. The average Bonchev–Trinajstić information content (AvgIpc) is 3.18. The minimum Gasteiger partial charge on any atom is -0.490 e. The Morgan fingerprint density at radius 3 is 2.69 bits per heavy atom. The van der Waals surface area contributed by atoms with Crippen LogP contribution in [0.5, 0.6) is 11.5 Å². The van der Waals surface area contributed by atoms with Crippen molar-refractivity contribution in [2.45, 2.75) is 13.5 Å². The molecule has 1 N–H and O–H groups in total. The van der Waals surface area contributed by atoms with Gasteiger partial charge in [-0.25, -0.2) is 4.98 Å². The summed E-state index contributed by atoms with van der Waals surface area (Å²) in [5.74, 6) is 1.01. The quantitative estimate of drug-likeness (QED) is 0.416. The molecule has 2 heterocycles. The van der Waals surface area contributed by atoms with Crippen LogP contribution in [0.3, 0.4) is 0 Å². The summed E-state index contributed by atoms with van der Waals surface area (Å²) in [7, 11) is 0. The van der Waals surface area contributed by atoms with Gasteiger partial charge in [0.15, 0.2) is 17.3 Å². The molecule has 0 spiro atoms. The molecule has 0 amide bonds. The first-order chi connectivity index (χ1) is 14.2. The van der Waals surface area contributed by atoms with Crippen molar-refractivity contribution < 1.29 is 14.3 Å². The van der Waals surface area contributed by atoms with Crippen molar-refractivity contribution in [3.8, 4) is 11.5 Å². The summed E-state index contributed by atoms with van der Waals surface area (Å²) in [5.41, 5.74) is 2.77. The number of nitrogens with zero attached hydrogens (tertiary/aromatic N) is 1. The van der Waals surface area contributed by atoms with Crippen molar-refractivity contribution in [1.29, 1.82) is 0 Å². The van der Waals surface area contributed by atoms with Crippen LogP contribution in [0.4, 0.5) is 0 Å². The molecule has 5 nitrogen and oxygen atoms in total. The molecule has 0 saturated heterocycles. The summed E-state index contributed by atoms with van der Waals surface area (Å²) in [6.07, 6.45) is 3.37. The molecule has 4 rings (SSSR count). The fourth-order valence-electron chi connectivity index (χ4n) is 3.08. The Kier molecular flexibility index (Phi) is 5.49. The van der Waals surface area contributed by atoms with Gasteiger partial charge in [-0.15, -0.1) is 0 Å². The predicted octanol–water partition coefficient (Wildman–Crippen LogP) is 5.43. The van der Waals surface area contributed by atoms with Gasteiger partial charge < -0.3 is 14.5 Å². The number of H-pyrrole nitrogens is 1. The van der Waals surface area contributed by atoms with Gasteiger partial charge in [0.2, 0.25) is 0 Å². The van der Waals surface area contributed by atoms with Crippen molar-refractivity contribution in [3.05, 3.63) is 88.7 Å². The summed E-state index contributed by atoms with van der Waals surface area (Å²) in [6, 6.07) is 16.4. The molecule has 0 radical (unpaired) electrons. The van der Waals surface area contributed by atoms with E-state index in [1.165, 1.54) is 0 Å². The number of carbonyl (C=O) groups is 1. The van der Waals surface area contributed by atoms with Crippen LogP contribution in [-0.4, -0.2) is 22.4 Å². The van der Waals surface area contributed by atoms with Gasteiger partial charge in [0.05, 0.1) is 6.61 Å². The maximum absolute atomic E-state index is 13.0. The van der Waals surface area contributed by atoms with E-state index in [1.807, 2.05) is 43.3 Å². The van der Waals surface area contributed by atoms with Gasteiger partial charge >= 0.3 is 0 Å². The predicted molar refractivity (Wildman–Crippen MR) is 113 cm³/mol. The van der Waals surface area contributed by atoms with Crippen LogP contribution in [0.25, 0.3) is 11.0 Å². The fraction of sp³-hybridized carbons (Fsp3) is 0.130. The van der Waals surface area contributed by atoms with Gasteiger partial charge in [-0.1, -0.05) is 23.7 Å². The number of fused-ring (bicyclic) bond motifs is 1. The van der Waals surface area contributed by atoms with E-state index in [4.69, 9.17) is 21.1 Å². The lowest BCUT2D eigenvalue weighted by Crippen LogP contribution is -2.04. The highest BCUT2D eigenvalue weighted by Gasteiger charge is 2.17. The third-order valence-corrected chi connectivity index (χ3v) is 4.76. The van der Waals surface area contributed by atoms with E-state index in [9.17, 15) is 4.79 Å². The van der Waals surface area contributed by atoms with E-state index in [0.29, 0.717) is 46.5 Å². The molecule has 0 aliphatic rings. The third-order valence-electron chi connectivity index (χ3n) is 4.51. The summed E-state index contributed by atoms with van der Waals surface area (Å²) in [5, 5.41) is 1.47. The van der Waals surface area contributed by atoms with Crippen LogP contribution in [0.15, 0.2) is 67.0 Å². The van der Waals surface area contributed by atoms with Crippen LogP contribution >= 0.6 is 11.6 Å². The minimum absolute atomic E-state index is 0.102. The largest absolute Gasteiger partial charge is 0.490 e. The van der Waals surface area contributed by atoms with Gasteiger partial charge in [0.25, 0.3) is 0 Å². The van der Waals surface area contributed by atoms with E-state index in [1.54, 1.807) is 30.6 Å². The molecule has 0 unspecified atom stereocenters. The first kappa shape index (κ1) is 19.0. The zero-order valence-corrected chi connectivity index (χ0v) is 16.6. The molecule has 0 bridgehead atoms. The lowest BCUT2D eigenvalue weighted by atomic mass is 10.0. The molecular weight excluding hydrogens is 388 g/mol. The SMILES string of the molecule is CCOc1cc(C(=O)c2c[nH]c3ncccc23)ccc1OCc1ccc(Cl)cc1. The van der Waals surface area contributed by atoms with E-state index in [2.05, 4.69) is 9.97 Å². The number of nitrogens with one attached hydrogen (secondary N) is 1. The standard InChI is InChI=1S/C23H19ClN2O3/c1-2-28-21-12-16(22(27)19-13-26-23-18(19)4-3-11-25-23)7-10-20(21)29-14-15-5-8-17(24)9-6-15/h3-13H,2,14H2,1H3,(H,25,26). The number of hydrogen-bond acceptors (Lipinski definition) is 4. The van der Waals surface area contributed by atoms with Gasteiger partial charge in [0, 0.05) is 33.9 Å². The van der Waals surface area contributed by atoms with Crippen molar-refractivity contribution in [3.63, 3.8) is 0 Å². The molecule has 0 atom stereocenters. The molecule has 29 heavy (non-hydrogen) atoms. The molecule has 6 heteroatoms. The minimum atomic E-state index is -0.102. The molecule has 4 aromatic rings. The van der Waals surface area contributed by atoms with Gasteiger partial charge in [-0.3, -0.25) is 4.79 Å². The number of ketones is 1. The first-order valence-corrected chi connectivity index (χ1v) is 9.64. The number of carbonyl (C=O) groups excluding carboxylic acids is 1. The van der Waals surface area contributed by atoms with E-state index >= 15 is 0 Å². The van der Waals surface area contributed by atoms with E-state index in [-0.39, 0.29) is 5.78 Å².